The largest absolute Gasteiger partial charge is 0.348 e. The van der Waals surface area contributed by atoms with Gasteiger partial charge in [-0.1, -0.05) is 48.0 Å². The van der Waals surface area contributed by atoms with Gasteiger partial charge < -0.3 is 5.32 Å². The van der Waals surface area contributed by atoms with E-state index in [4.69, 9.17) is 16.9 Å². The van der Waals surface area contributed by atoms with Crippen molar-refractivity contribution >= 4 is 44.0 Å². The predicted molar refractivity (Wildman–Crippen MR) is 129 cm³/mol. The molecule has 0 fully saturated rings. The molecule has 0 bridgehead atoms. The minimum absolute atomic E-state index is 0.0611. The molecule has 4 aromatic rings. The maximum atomic E-state index is 12.8. The molecule has 4 aromatic carbocycles. The lowest BCUT2D eigenvalue weighted by Gasteiger charge is -2.11. The molecular formula is C25H18ClN3O3S. The molecule has 0 aliphatic rings. The lowest BCUT2D eigenvalue weighted by Crippen LogP contribution is -2.23. The van der Waals surface area contributed by atoms with Gasteiger partial charge in [0.05, 0.1) is 16.5 Å². The van der Waals surface area contributed by atoms with Crippen molar-refractivity contribution in [2.24, 2.45) is 0 Å². The van der Waals surface area contributed by atoms with E-state index in [0.29, 0.717) is 39.2 Å². The first kappa shape index (κ1) is 22.3. The van der Waals surface area contributed by atoms with Gasteiger partial charge in [-0.15, -0.1) is 0 Å². The first-order chi connectivity index (χ1) is 15.9. The van der Waals surface area contributed by atoms with E-state index in [1.165, 1.54) is 12.1 Å². The third-order valence-electron chi connectivity index (χ3n) is 5.02. The van der Waals surface area contributed by atoms with Crippen LogP contribution in [-0.2, 0) is 16.6 Å². The Hall–Kier alpha value is -3.86. The van der Waals surface area contributed by atoms with Gasteiger partial charge in [-0.2, -0.15) is 5.26 Å². The summed E-state index contributed by atoms with van der Waals surface area (Å²) >= 11 is 5.91. The molecule has 8 heteroatoms. The van der Waals surface area contributed by atoms with Gasteiger partial charge in [0.1, 0.15) is 0 Å². The van der Waals surface area contributed by atoms with Crippen LogP contribution in [0.2, 0.25) is 5.02 Å². The molecule has 2 N–H and O–H groups in total. The van der Waals surface area contributed by atoms with Crippen LogP contribution in [0.15, 0.2) is 89.8 Å². The van der Waals surface area contributed by atoms with Crippen molar-refractivity contribution in [1.29, 1.82) is 5.26 Å². The zero-order valence-corrected chi connectivity index (χ0v) is 18.8. The molecule has 6 nitrogen and oxygen atoms in total. The zero-order valence-electron chi connectivity index (χ0n) is 17.2. The number of halogens is 1. The van der Waals surface area contributed by atoms with E-state index >= 15 is 0 Å². The highest BCUT2D eigenvalue weighted by Gasteiger charge is 2.16. The molecular weight excluding hydrogens is 458 g/mol. The number of carbonyl (C=O) groups is 1. The van der Waals surface area contributed by atoms with Crippen LogP contribution in [0.4, 0.5) is 5.69 Å². The van der Waals surface area contributed by atoms with Gasteiger partial charge in [-0.3, -0.25) is 9.52 Å². The number of anilines is 1. The number of fused-ring (bicyclic) bond motifs is 1. The highest BCUT2D eigenvalue weighted by Crippen LogP contribution is 2.25. The number of nitrogens with zero attached hydrogens (tertiary/aromatic N) is 1. The lowest BCUT2D eigenvalue weighted by atomic mass is 10.0. The van der Waals surface area contributed by atoms with Gasteiger partial charge in [0.2, 0.25) is 0 Å². The number of hydrogen-bond donors (Lipinski definition) is 2. The smallest absolute Gasteiger partial charge is 0.261 e. The second kappa shape index (κ2) is 9.33. The van der Waals surface area contributed by atoms with Crippen molar-refractivity contribution in [2.75, 3.05) is 4.72 Å². The summed E-state index contributed by atoms with van der Waals surface area (Å²) in [6.45, 7) is 0.318. The molecule has 4 rings (SSSR count). The maximum Gasteiger partial charge on any atom is 0.261 e. The van der Waals surface area contributed by atoms with E-state index in [1.807, 2.05) is 6.07 Å². The molecule has 0 unspecified atom stereocenters. The molecule has 0 radical (unpaired) electrons. The van der Waals surface area contributed by atoms with Crippen molar-refractivity contribution in [1.82, 2.24) is 5.32 Å². The number of amides is 1. The molecule has 33 heavy (non-hydrogen) atoms. The molecule has 0 heterocycles. The van der Waals surface area contributed by atoms with Crippen LogP contribution in [0, 0.1) is 11.3 Å². The van der Waals surface area contributed by atoms with Crippen molar-refractivity contribution in [3.8, 4) is 6.07 Å². The summed E-state index contributed by atoms with van der Waals surface area (Å²) in [7, 11) is -3.81. The van der Waals surface area contributed by atoms with Crippen LogP contribution in [0.1, 0.15) is 21.5 Å². The highest BCUT2D eigenvalue weighted by atomic mass is 35.5. The number of rotatable bonds is 6. The van der Waals surface area contributed by atoms with E-state index in [1.54, 1.807) is 66.7 Å². The normalized spacial score (nSPS) is 11.0. The van der Waals surface area contributed by atoms with E-state index in [2.05, 4.69) is 16.1 Å². The van der Waals surface area contributed by atoms with Crippen LogP contribution in [0.5, 0.6) is 0 Å². The Balaban J connectivity index is 1.54. The molecule has 164 valence electrons. The second-order valence-electron chi connectivity index (χ2n) is 7.30. The Kier molecular flexibility index (Phi) is 6.31. The van der Waals surface area contributed by atoms with Crippen molar-refractivity contribution in [3.05, 3.63) is 107 Å². The van der Waals surface area contributed by atoms with Gasteiger partial charge in [-0.25, -0.2) is 8.42 Å². The molecule has 0 spiro atoms. The summed E-state index contributed by atoms with van der Waals surface area (Å²) in [6, 6.07) is 25.3. The van der Waals surface area contributed by atoms with Gasteiger partial charge in [0.25, 0.3) is 15.9 Å². The third-order valence-corrected chi connectivity index (χ3v) is 6.63. The van der Waals surface area contributed by atoms with Crippen molar-refractivity contribution < 1.29 is 13.2 Å². The van der Waals surface area contributed by atoms with E-state index in [-0.39, 0.29) is 10.8 Å². The number of benzene rings is 4. The zero-order chi connectivity index (χ0) is 23.4. The van der Waals surface area contributed by atoms with E-state index in [9.17, 15) is 13.2 Å². The van der Waals surface area contributed by atoms with Crippen molar-refractivity contribution in [2.45, 2.75) is 11.4 Å². The summed E-state index contributed by atoms with van der Waals surface area (Å²) in [5.41, 5.74) is 2.28. The predicted octanol–water partition coefficient (Wildman–Crippen LogP) is 5.10. The Morgan fingerprint density at radius 2 is 1.70 bits per heavy atom. The first-order valence-corrected chi connectivity index (χ1v) is 11.8. The molecule has 0 saturated heterocycles. The molecule has 0 aromatic heterocycles. The number of hydrogen-bond acceptors (Lipinski definition) is 4. The van der Waals surface area contributed by atoms with E-state index < -0.39 is 10.0 Å². The molecule has 1 amide bonds. The van der Waals surface area contributed by atoms with Crippen molar-refractivity contribution in [3.63, 3.8) is 0 Å². The minimum Gasteiger partial charge on any atom is -0.348 e. The molecule has 0 saturated carbocycles. The Bertz CT molecular complexity index is 1490. The third kappa shape index (κ3) is 5.14. The Morgan fingerprint density at radius 1 is 0.939 bits per heavy atom. The highest BCUT2D eigenvalue weighted by molar-refractivity contribution is 7.92. The maximum absolute atomic E-state index is 12.8. The van der Waals surface area contributed by atoms with Crippen LogP contribution in [0.3, 0.4) is 0 Å². The van der Waals surface area contributed by atoms with Crippen LogP contribution >= 0.6 is 11.6 Å². The lowest BCUT2D eigenvalue weighted by molar-refractivity contribution is 0.0952. The number of sulfonamides is 1. The van der Waals surface area contributed by atoms with Crippen LogP contribution < -0.4 is 10.0 Å². The fraction of sp³-hybridized carbons (Fsp3) is 0.0400. The number of nitriles is 1. The monoisotopic (exact) mass is 475 g/mol. The Morgan fingerprint density at radius 3 is 2.42 bits per heavy atom. The summed E-state index contributed by atoms with van der Waals surface area (Å²) in [5.74, 6) is -0.253. The summed E-state index contributed by atoms with van der Waals surface area (Å²) in [6.07, 6.45) is 0. The average molecular weight is 476 g/mol. The van der Waals surface area contributed by atoms with Gasteiger partial charge >= 0.3 is 0 Å². The fourth-order valence-corrected chi connectivity index (χ4v) is 4.72. The standard InChI is InChI=1S/C25H18ClN3O3S/c26-20-4-2-5-22(14-20)33(31,32)29-21-11-12-23-19(13-21)3-1-6-24(23)25(30)28-16-18-9-7-17(15-27)8-10-18/h1-14,29H,16H2,(H,28,30). The SMILES string of the molecule is N#Cc1ccc(CNC(=O)c2cccc3cc(NS(=O)(=O)c4cccc(Cl)c4)ccc23)cc1. The molecule has 0 aliphatic carbocycles. The topological polar surface area (TPSA) is 99.1 Å². The van der Waals surface area contributed by atoms with Gasteiger partial charge in [0.15, 0.2) is 0 Å². The molecule has 0 aliphatic heterocycles. The first-order valence-electron chi connectivity index (χ1n) is 9.94. The minimum atomic E-state index is -3.81. The van der Waals surface area contributed by atoms with Crippen LogP contribution in [0.25, 0.3) is 10.8 Å². The quantitative estimate of drug-likeness (QED) is 0.405. The van der Waals surface area contributed by atoms with Gasteiger partial charge in [0, 0.05) is 22.8 Å². The number of carbonyl (C=O) groups excluding carboxylic acids is 1. The number of nitrogens with one attached hydrogen (secondary N) is 2. The second-order valence-corrected chi connectivity index (χ2v) is 9.41. The average Bonchev–Trinajstić information content (AvgIpc) is 2.82. The summed E-state index contributed by atoms with van der Waals surface area (Å²) in [5, 5.41) is 13.5. The van der Waals surface area contributed by atoms with Gasteiger partial charge in [-0.05, 0) is 64.9 Å². The molecule has 0 atom stereocenters. The fourth-order valence-electron chi connectivity index (χ4n) is 3.37. The van der Waals surface area contributed by atoms with E-state index in [0.717, 1.165) is 5.56 Å². The summed E-state index contributed by atoms with van der Waals surface area (Å²) in [4.78, 5) is 12.9. The Labute approximate surface area is 196 Å². The summed E-state index contributed by atoms with van der Waals surface area (Å²) < 4.78 is 27.9. The van der Waals surface area contributed by atoms with Crippen LogP contribution in [-0.4, -0.2) is 14.3 Å².